The van der Waals surface area contributed by atoms with Gasteiger partial charge in [-0.3, -0.25) is 14.4 Å². The molecule has 0 aliphatic carbocycles. The first kappa shape index (κ1) is 34.9. The molecule has 250 valence electrons. The van der Waals surface area contributed by atoms with Crippen molar-refractivity contribution in [1.29, 1.82) is 0 Å². The number of amides is 4. The summed E-state index contributed by atoms with van der Waals surface area (Å²) in [6, 6.07) is 3.63. The summed E-state index contributed by atoms with van der Waals surface area (Å²) in [7, 11) is 0. The number of likely N-dealkylation sites (tertiary alicyclic amines) is 1. The van der Waals surface area contributed by atoms with Gasteiger partial charge in [0.15, 0.2) is 0 Å². The first-order valence-corrected chi connectivity index (χ1v) is 17.3. The van der Waals surface area contributed by atoms with Crippen LogP contribution in [0.1, 0.15) is 96.0 Å². The summed E-state index contributed by atoms with van der Waals surface area (Å²) in [4.78, 5) is 50.2. The highest BCUT2D eigenvalue weighted by Gasteiger charge is 2.42. The van der Waals surface area contributed by atoms with Crippen molar-refractivity contribution in [1.82, 2.24) is 15.5 Å². The van der Waals surface area contributed by atoms with E-state index in [4.69, 9.17) is 0 Å². The topological polar surface area (TPSA) is 120 Å². The molecule has 3 fully saturated rings. The van der Waals surface area contributed by atoms with Gasteiger partial charge in [0, 0.05) is 67.2 Å². The molecule has 0 unspecified atom stereocenters. The molecule has 0 bridgehead atoms. The number of thioether (sulfide) groups is 1. The number of piperidine rings is 1. The quantitative estimate of drug-likeness (QED) is 0.127. The molecule has 45 heavy (non-hydrogen) atoms. The average Bonchev–Trinajstić information content (AvgIpc) is 3.55. The average molecular weight is 654 g/mol. The van der Waals surface area contributed by atoms with Gasteiger partial charge in [-0.15, -0.1) is 0 Å². The summed E-state index contributed by atoms with van der Waals surface area (Å²) < 4.78 is 40.9. The highest BCUT2D eigenvalue weighted by molar-refractivity contribution is 8.00. The number of urea groups is 1. The maximum Gasteiger partial charge on any atom is 0.416 e. The monoisotopic (exact) mass is 653 g/mol. The number of unbranched alkanes of at least 4 members (excludes halogenated alkanes) is 4. The van der Waals surface area contributed by atoms with Crippen LogP contribution in [0.5, 0.6) is 0 Å². The van der Waals surface area contributed by atoms with Gasteiger partial charge in [0.25, 0.3) is 0 Å². The highest BCUT2D eigenvalue weighted by Crippen LogP contribution is 2.35. The Morgan fingerprint density at radius 3 is 2.42 bits per heavy atom. The van der Waals surface area contributed by atoms with Crippen molar-refractivity contribution in [3.63, 3.8) is 0 Å². The highest BCUT2D eigenvalue weighted by atomic mass is 32.2. The smallest absolute Gasteiger partial charge is 0.380 e. The van der Waals surface area contributed by atoms with E-state index < -0.39 is 11.7 Å². The Morgan fingerprint density at radius 1 is 0.978 bits per heavy atom. The fourth-order valence-electron chi connectivity index (χ4n) is 6.35. The normalized spacial score (nSPS) is 22.8. The van der Waals surface area contributed by atoms with Gasteiger partial charge >= 0.3 is 12.2 Å². The van der Waals surface area contributed by atoms with Crippen LogP contribution in [-0.4, -0.2) is 70.7 Å². The number of rotatable bonds is 16. The number of nitrogens with zero attached hydrogens (tertiary/aromatic N) is 1. The number of Topliss-reactive ketones (excluding diaryl/α,β-unsaturated/α-hetero) is 1. The van der Waals surface area contributed by atoms with E-state index in [0.717, 1.165) is 69.3 Å². The lowest BCUT2D eigenvalue weighted by Gasteiger charge is -2.33. The third-order valence-electron chi connectivity index (χ3n) is 8.73. The predicted octanol–water partition coefficient (Wildman–Crippen LogP) is 6.09. The lowest BCUT2D eigenvalue weighted by molar-refractivity contribution is -0.137. The largest absolute Gasteiger partial charge is 0.416 e. The zero-order valence-electron chi connectivity index (χ0n) is 26.0. The molecule has 13 heteroatoms. The van der Waals surface area contributed by atoms with E-state index in [2.05, 4.69) is 21.3 Å². The molecule has 3 aliphatic rings. The number of nitrogens with one attached hydrogen (secondary N) is 4. The third kappa shape index (κ3) is 10.8. The Bertz CT molecular complexity index is 1200. The first-order chi connectivity index (χ1) is 21.5. The molecule has 4 rings (SSSR count). The van der Waals surface area contributed by atoms with Crippen LogP contribution in [0.3, 0.4) is 0 Å². The van der Waals surface area contributed by atoms with Crippen LogP contribution in [-0.2, 0) is 20.6 Å². The van der Waals surface area contributed by atoms with Crippen molar-refractivity contribution in [2.45, 2.75) is 120 Å². The molecule has 1 aromatic carbocycles. The zero-order chi connectivity index (χ0) is 32.4. The van der Waals surface area contributed by atoms with E-state index >= 15 is 0 Å². The second-order valence-electron chi connectivity index (χ2n) is 12.3. The van der Waals surface area contributed by atoms with Crippen LogP contribution in [0.4, 0.5) is 29.3 Å². The molecule has 0 spiro atoms. The number of carbonyl (C=O) groups is 4. The molecule has 9 nitrogen and oxygen atoms in total. The minimum absolute atomic E-state index is 0.0216. The molecule has 0 radical (unpaired) electrons. The number of fused-ring (bicyclic) bond motifs is 1. The zero-order valence-corrected chi connectivity index (χ0v) is 26.8. The maximum atomic E-state index is 13.6. The molecule has 1 aromatic rings. The Morgan fingerprint density at radius 2 is 1.69 bits per heavy atom. The molecule has 4 atom stereocenters. The van der Waals surface area contributed by atoms with Crippen molar-refractivity contribution in [2.75, 3.05) is 29.5 Å². The molecule has 3 heterocycles. The second kappa shape index (κ2) is 16.6. The van der Waals surface area contributed by atoms with Crippen LogP contribution in [0.25, 0.3) is 0 Å². The summed E-state index contributed by atoms with van der Waals surface area (Å²) in [5.41, 5.74) is -0.516. The van der Waals surface area contributed by atoms with Gasteiger partial charge in [-0.1, -0.05) is 26.2 Å². The Kier molecular flexibility index (Phi) is 12.8. The maximum absolute atomic E-state index is 13.6. The lowest BCUT2D eigenvalue weighted by Crippen LogP contribution is -2.44. The van der Waals surface area contributed by atoms with E-state index in [1.165, 1.54) is 6.07 Å². The van der Waals surface area contributed by atoms with Gasteiger partial charge in [-0.25, -0.2) is 4.79 Å². The molecule has 0 aromatic heterocycles. The number of halogens is 3. The van der Waals surface area contributed by atoms with Crippen molar-refractivity contribution < 1.29 is 32.3 Å². The van der Waals surface area contributed by atoms with Gasteiger partial charge in [0.2, 0.25) is 11.8 Å². The predicted molar refractivity (Wildman–Crippen MR) is 170 cm³/mol. The summed E-state index contributed by atoms with van der Waals surface area (Å²) in [5.74, 6) is 0.844. The van der Waals surface area contributed by atoms with Crippen molar-refractivity contribution >= 4 is 46.8 Å². The first-order valence-electron chi connectivity index (χ1n) is 16.3. The lowest BCUT2D eigenvalue weighted by atomic mass is 10.0. The Hall–Kier alpha value is -2.96. The summed E-state index contributed by atoms with van der Waals surface area (Å²) in [6.07, 6.45) is 4.26. The van der Waals surface area contributed by atoms with E-state index in [-0.39, 0.29) is 59.5 Å². The van der Waals surface area contributed by atoms with Crippen molar-refractivity contribution in [2.24, 2.45) is 0 Å². The van der Waals surface area contributed by atoms with E-state index in [1.54, 1.807) is 11.8 Å². The second-order valence-corrected chi connectivity index (χ2v) is 13.6. The third-order valence-corrected chi connectivity index (χ3v) is 10.2. The van der Waals surface area contributed by atoms with Crippen LogP contribution >= 0.6 is 11.8 Å². The number of anilines is 2. The van der Waals surface area contributed by atoms with E-state index in [1.807, 2.05) is 11.8 Å². The van der Waals surface area contributed by atoms with Crippen LogP contribution in [0.2, 0.25) is 0 Å². The Balaban J connectivity index is 1.11. The fourth-order valence-corrected chi connectivity index (χ4v) is 7.89. The number of hydrogen-bond donors (Lipinski definition) is 4. The molecule has 3 saturated heterocycles. The van der Waals surface area contributed by atoms with Gasteiger partial charge in [0.05, 0.1) is 17.6 Å². The van der Waals surface area contributed by atoms with Crippen molar-refractivity contribution in [3.05, 3.63) is 23.8 Å². The molecule has 4 amide bonds. The molecule has 3 aliphatic heterocycles. The number of carbonyl (C=O) groups excluding carboxylic acids is 4. The number of alkyl halides is 3. The number of hydrogen-bond acceptors (Lipinski definition) is 6. The number of ketones is 1. The SMILES string of the molecule is CCC(=O)N1CCC[C@@H](Nc2cc(NC(=O)CCCCCCC(=O)CCCC[C@@H]3SC[C@@H]4NC(=O)N[C@@H]43)cc(C(F)(F)F)c2)C1. The fraction of sp³-hybridized carbons (Fsp3) is 0.688. The van der Waals surface area contributed by atoms with Gasteiger partial charge in [-0.05, 0) is 56.7 Å². The molecule has 4 N–H and O–H groups in total. The van der Waals surface area contributed by atoms with E-state index in [9.17, 15) is 32.3 Å². The van der Waals surface area contributed by atoms with Gasteiger partial charge < -0.3 is 26.2 Å². The van der Waals surface area contributed by atoms with Crippen LogP contribution < -0.4 is 21.3 Å². The minimum Gasteiger partial charge on any atom is -0.380 e. The van der Waals surface area contributed by atoms with Crippen molar-refractivity contribution in [3.8, 4) is 0 Å². The van der Waals surface area contributed by atoms with Crippen LogP contribution in [0.15, 0.2) is 18.2 Å². The van der Waals surface area contributed by atoms with E-state index in [0.29, 0.717) is 44.0 Å². The molecular formula is C32H46F3N5O4S. The van der Waals surface area contributed by atoms with Gasteiger partial charge in [-0.2, -0.15) is 24.9 Å². The molecular weight excluding hydrogens is 607 g/mol. The Labute approximate surface area is 267 Å². The summed E-state index contributed by atoms with van der Waals surface area (Å²) in [6.45, 7) is 2.86. The standard InChI is InChI=1S/C32H46F3N5O4S/c1-2-29(43)40-15-9-10-22(19-40)36-23-16-21(32(33,34)35)17-24(18-23)37-28(42)14-6-4-3-5-11-25(41)12-7-8-13-27-30-26(20-45-27)38-31(44)39-30/h16-18,22,26-27,30,36H,2-15,19-20H2,1H3,(H,37,42)(H2,38,39,44)/t22-,26+,27+,30+/m1/s1. The van der Waals surface area contributed by atoms with Crippen LogP contribution in [0, 0.1) is 0 Å². The van der Waals surface area contributed by atoms with Gasteiger partial charge in [0.1, 0.15) is 5.78 Å². The molecule has 0 saturated carbocycles. The number of benzene rings is 1. The summed E-state index contributed by atoms with van der Waals surface area (Å²) >= 11 is 1.88. The minimum atomic E-state index is -4.57. The summed E-state index contributed by atoms with van der Waals surface area (Å²) in [5, 5.41) is 12.1.